The monoisotopic (exact) mass is 799 g/mol. The van der Waals surface area contributed by atoms with Crippen molar-refractivity contribution in [1.82, 2.24) is 4.57 Å². The van der Waals surface area contributed by atoms with Crippen LogP contribution >= 0.6 is 0 Å². The summed E-state index contributed by atoms with van der Waals surface area (Å²) in [5.41, 5.74) is 23.4. The molecular formula is C61H42BN. The maximum Gasteiger partial charge on any atom is 0.248 e. The second-order valence-corrected chi connectivity index (χ2v) is 16.9. The third-order valence-corrected chi connectivity index (χ3v) is 13.1. The van der Waals surface area contributed by atoms with Crippen molar-refractivity contribution in [2.24, 2.45) is 0 Å². The number of rotatable bonds is 7. The lowest BCUT2D eigenvalue weighted by molar-refractivity contribution is 1.19. The van der Waals surface area contributed by atoms with E-state index >= 15 is 0 Å². The van der Waals surface area contributed by atoms with Gasteiger partial charge in [0.1, 0.15) is 0 Å². The Kier molecular flexibility index (Phi) is 8.90. The van der Waals surface area contributed by atoms with Gasteiger partial charge in [0.25, 0.3) is 0 Å². The Morgan fingerprint density at radius 1 is 0.317 bits per heavy atom. The van der Waals surface area contributed by atoms with E-state index in [1.807, 2.05) is 0 Å². The Morgan fingerprint density at radius 2 is 0.730 bits per heavy atom. The maximum absolute atomic E-state index is 2.57. The van der Waals surface area contributed by atoms with E-state index in [0.29, 0.717) is 0 Å². The quantitative estimate of drug-likeness (QED) is 0.142. The molecule has 1 nitrogen and oxygen atoms in total. The maximum atomic E-state index is 2.57. The summed E-state index contributed by atoms with van der Waals surface area (Å²) in [5.74, 6) is 0. The van der Waals surface area contributed by atoms with Crippen LogP contribution in [0.2, 0.25) is 0 Å². The average molecular weight is 800 g/mol. The lowest BCUT2D eigenvalue weighted by Crippen LogP contribution is -2.57. The minimum absolute atomic E-state index is 0.128. The summed E-state index contributed by atoms with van der Waals surface area (Å²) in [4.78, 5) is 0. The molecule has 0 saturated carbocycles. The van der Waals surface area contributed by atoms with E-state index in [1.165, 1.54) is 116 Å². The number of benzene rings is 10. The van der Waals surface area contributed by atoms with Crippen molar-refractivity contribution in [3.63, 3.8) is 0 Å². The molecule has 1 aromatic heterocycles. The second kappa shape index (κ2) is 15.2. The second-order valence-electron chi connectivity index (χ2n) is 16.9. The van der Waals surface area contributed by atoms with Gasteiger partial charge < -0.3 is 4.57 Å². The zero-order valence-corrected chi connectivity index (χ0v) is 35.0. The van der Waals surface area contributed by atoms with Crippen LogP contribution in [-0.2, 0) is 0 Å². The summed E-state index contributed by atoms with van der Waals surface area (Å²) in [6.45, 7) is 2.03. The van der Waals surface area contributed by atoms with Gasteiger partial charge in [-0.05, 0) is 121 Å². The van der Waals surface area contributed by atoms with Crippen LogP contribution in [0.4, 0.5) is 0 Å². The fourth-order valence-electron chi connectivity index (χ4n) is 10.1. The SMILES string of the molecule is Cc1ccc(-c2ccc3c(c2)B(c2c(-c4ccccc4)cc(-c4ccccc4)cc2-c2ccccc2)c2cc(-c4ccccc4)cc4c5cc(-c6ccccc6)ccc5n-3c24)cc1. The molecule has 0 amide bonds. The molecule has 2 heteroatoms. The van der Waals surface area contributed by atoms with Gasteiger partial charge in [-0.15, -0.1) is 0 Å². The molecule has 0 spiro atoms. The molecule has 11 aromatic rings. The molecule has 0 radical (unpaired) electrons. The van der Waals surface area contributed by atoms with Gasteiger partial charge in [-0.1, -0.05) is 211 Å². The molecule has 0 atom stereocenters. The molecule has 0 unspecified atom stereocenters. The Labute approximate surface area is 369 Å². The van der Waals surface area contributed by atoms with Gasteiger partial charge in [-0.2, -0.15) is 0 Å². The van der Waals surface area contributed by atoms with Crippen LogP contribution in [0.1, 0.15) is 5.56 Å². The van der Waals surface area contributed by atoms with Crippen molar-refractivity contribution in [1.29, 1.82) is 0 Å². The zero-order valence-electron chi connectivity index (χ0n) is 35.0. The molecular weight excluding hydrogens is 757 g/mol. The molecule has 0 fully saturated rings. The topological polar surface area (TPSA) is 4.93 Å². The lowest BCUT2D eigenvalue weighted by Gasteiger charge is -2.31. The molecule has 10 aromatic carbocycles. The molecule has 63 heavy (non-hydrogen) atoms. The van der Waals surface area contributed by atoms with Gasteiger partial charge in [0.15, 0.2) is 0 Å². The smallest absolute Gasteiger partial charge is 0.248 e. The summed E-state index contributed by atoms with van der Waals surface area (Å²) in [7, 11) is 0. The van der Waals surface area contributed by atoms with E-state index < -0.39 is 0 Å². The van der Waals surface area contributed by atoms with Crippen LogP contribution in [0.3, 0.4) is 0 Å². The highest BCUT2D eigenvalue weighted by molar-refractivity contribution is 6.99. The number of nitrogens with zero attached hydrogens (tertiary/aromatic N) is 1. The number of hydrogen-bond donors (Lipinski definition) is 0. The lowest BCUT2D eigenvalue weighted by atomic mass is 9.33. The fraction of sp³-hybridized carbons (Fsp3) is 0.0164. The van der Waals surface area contributed by atoms with Crippen LogP contribution in [-0.4, -0.2) is 11.3 Å². The van der Waals surface area contributed by atoms with Gasteiger partial charge in [-0.3, -0.25) is 0 Å². The highest BCUT2D eigenvalue weighted by Gasteiger charge is 2.38. The van der Waals surface area contributed by atoms with E-state index in [0.717, 1.165) is 0 Å². The third-order valence-electron chi connectivity index (χ3n) is 13.1. The van der Waals surface area contributed by atoms with E-state index in [4.69, 9.17) is 0 Å². The van der Waals surface area contributed by atoms with E-state index in [2.05, 4.69) is 248 Å². The number of aromatic nitrogens is 1. The minimum atomic E-state index is -0.128. The largest absolute Gasteiger partial charge is 0.310 e. The zero-order chi connectivity index (χ0) is 41.9. The van der Waals surface area contributed by atoms with E-state index in [-0.39, 0.29) is 6.71 Å². The summed E-state index contributed by atoms with van der Waals surface area (Å²) in [6, 6.07) is 87.8. The first-order valence-corrected chi connectivity index (χ1v) is 21.9. The van der Waals surface area contributed by atoms with Crippen LogP contribution in [0.5, 0.6) is 0 Å². The van der Waals surface area contributed by atoms with Gasteiger partial charge >= 0.3 is 0 Å². The molecule has 0 saturated heterocycles. The first-order chi connectivity index (χ1) is 31.2. The molecule has 12 rings (SSSR count). The van der Waals surface area contributed by atoms with Crippen molar-refractivity contribution in [3.05, 3.63) is 242 Å². The van der Waals surface area contributed by atoms with Crippen molar-refractivity contribution in [2.45, 2.75) is 6.92 Å². The Bertz CT molecular complexity index is 3400. The first kappa shape index (κ1) is 36.9. The van der Waals surface area contributed by atoms with E-state index in [9.17, 15) is 0 Å². The minimum Gasteiger partial charge on any atom is -0.310 e. The number of hydrogen-bond acceptors (Lipinski definition) is 0. The van der Waals surface area contributed by atoms with Crippen molar-refractivity contribution >= 4 is 44.9 Å². The van der Waals surface area contributed by atoms with Gasteiger partial charge in [-0.25, -0.2) is 0 Å². The van der Waals surface area contributed by atoms with Gasteiger partial charge in [0.05, 0.1) is 5.52 Å². The van der Waals surface area contributed by atoms with Crippen molar-refractivity contribution < 1.29 is 0 Å². The summed E-state index contributed by atoms with van der Waals surface area (Å²) in [5, 5.41) is 2.52. The van der Waals surface area contributed by atoms with Gasteiger partial charge in [0, 0.05) is 22.0 Å². The molecule has 0 N–H and O–H groups in total. The summed E-state index contributed by atoms with van der Waals surface area (Å²) >= 11 is 0. The van der Waals surface area contributed by atoms with Crippen LogP contribution in [0, 0.1) is 6.92 Å². The summed E-state index contributed by atoms with van der Waals surface area (Å²) < 4.78 is 2.57. The van der Waals surface area contributed by atoms with E-state index in [1.54, 1.807) is 0 Å². The standard InChI is InChI=1S/C61H42BN/c1-41-27-29-45(30-28-41)49-32-34-59-56(39-49)62(60-52(46-23-13-5-14-24-46)36-50(43-19-9-3-10-20-43)37-53(60)47-25-15-6-16-26-47)57-40-51(44-21-11-4-12-22-44)38-55-54-35-48(42-17-7-2-8-18-42)31-33-58(54)63(59)61(55)57/h2-40H,1H3. The molecule has 294 valence electrons. The summed E-state index contributed by atoms with van der Waals surface area (Å²) in [6.07, 6.45) is 0. The predicted molar refractivity (Wildman–Crippen MR) is 269 cm³/mol. The third kappa shape index (κ3) is 6.34. The highest BCUT2D eigenvalue weighted by Crippen LogP contribution is 2.40. The Balaban J connectivity index is 1.26. The van der Waals surface area contributed by atoms with Crippen LogP contribution < -0.4 is 16.4 Å². The van der Waals surface area contributed by atoms with Gasteiger partial charge in [0.2, 0.25) is 6.71 Å². The normalized spacial score (nSPS) is 11.9. The van der Waals surface area contributed by atoms with Crippen molar-refractivity contribution in [2.75, 3.05) is 0 Å². The molecule has 0 bridgehead atoms. The molecule has 0 aliphatic carbocycles. The van der Waals surface area contributed by atoms with Crippen LogP contribution in [0.25, 0.3) is 94.3 Å². The fourth-order valence-corrected chi connectivity index (χ4v) is 10.1. The van der Waals surface area contributed by atoms with Crippen LogP contribution in [0.15, 0.2) is 237 Å². The van der Waals surface area contributed by atoms with Crippen molar-refractivity contribution in [3.8, 4) is 72.4 Å². The predicted octanol–water partition coefficient (Wildman–Crippen LogP) is 13.9. The average Bonchev–Trinajstić information content (AvgIpc) is 3.69. The molecule has 1 aliphatic rings. The number of aryl methyl sites for hydroxylation is 1. The molecule has 1 aliphatic heterocycles. The molecule has 2 heterocycles. The Morgan fingerprint density at radius 3 is 1.29 bits per heavy atom. The highest BCUT2D eigenvalue weighted by atomic mass is 15.0. The number of fused-ring (bicyclic) bond motifs is 5. The first-order valence-electron chi connectivity index (χ1n) is 21.9. The Hall–Kier alpha value is -7.94.